The first-order valence-corrected chi connectivity index (χ1v) is 5.09. The van der Waals surface area contributed by atoms with E-state index in [1.807, 2.05) is 6.07 Å². The molecule has 0 amide bonds. The molecule has 0 spiro atoms. The summed E-state index contributed by atoms with van der Waals surface area (Å²) in [5.41, 5.74) is 12.9. The van der Waals surface area contributed by atoms with Gasteiger partial charge in [-0.25, -0.2) is 0 Å². The lowest BCUT2D eigenvalue weighted by atomic mass is 10.3. The highest BCUT2D eigenvalue weighted by molar-refractivity contribution is 7.99. The largest absolute Gasteiger partial charge is 0.398 e. The van der Waals surface area contributed by atoms with Crippen molar-refractivity contribution in [3.8, 4) is 0 Å². The number of nitrogens with two attached hydrogens (primary N) is 2. The third kappa shape index (κ3) is 2.01. The number of hydrogen-bond acceptors (Lipinski definition) is 4. The van der Waals surface area contributed by atoms with Crippen molar-refractivity contribution in [1.82, 2.24) is 0 Å². The van der Waals surface area contributed by atoms with Crippen molar-refractivity contribution >= 4 is 35.8 Å². The van der Waals surface area contributed by atoms with Crippen LogP contribution in [0, 0.1) is 0 Å². The first-order valence-electron chi connectivity index (χ1n) is 3.66. The summed E-state index contributed by atoms with van der Waals surface area (Å²) < 4.78 is 0. The van der Waals surface area contributed by atoms with Crippen LogP contribution in [0.25, 0.3) is 0 Å². The van der Waals surface area contributed by atoms with E-state index in [0.29, 0.717) is 5.69 Å². The highest BCUT2D eigenvalue weighted by Crippen LogP contribution is 2.30. The smallest absolute Gasteiger partial charge is 0.0464 e. The van der Waals surface area contributed by atoms with Crippen LogP contribution in [0.4, 0.5) is 11.4 Å². The number of hydrogen-bond donors (Lipinski definition) is 3. The molecule has 1 rings (SSSR count). The van der Waals surface area contributed by atoms with Crippen molar-refractivity contribution in [2.75, 3.05) is 17.2 Å². The Labute approximate surface area is 82.1 Å². The summed E-state index contributed by atoms with van der Waals surface area (Å²) in [6, 6.07) is 3.66. The van der Waals surface area contributed by atoms with Crippen molar-refractivity contribution in [3.63, 3.8) is 0 Å². The number of thiol groups is 1. The predicted octanol–water partition coefficient (Wildman–Crippen LogP) is 2.25. The third-order valence-corrected chi connectivity index (χ3v) is 2.80. The Balaban J connectivity index is 3.05. The summed E-state index contributed by atoms with van der Waals surface area (Å²) in [5.74, 6) is 0.996. The van der Waals surface area contributed by atoms with E-state index in [1.54, 1.807) is 17.8 Å². The van der Waals surface area contributed by atoms with Crippen LogP contribution in [0.15, 0.2) is 21.9 Å². The SMILES string of the molecule is CCSc1cc(N)c(S)cc1N. The Morgan fingerprint density at radius 2 is 2.00 bits per heavy atom. The fourth-order valence-corrected chi connectivity index (χ4v) is 1.83. The van der Waals surface area contributed by atoms with Gasteiger partial charge in [0.15, 0.2) is 0 Å². The molecule has 12 heavy (non-hydrogen) atoms. The van der Waals surface area contributed by atoms with Gasteiger partial charge in [0, 0.05) is 21.2 Å². The first-order chi connectivity index (χ1) is 5.65. The van der Waals surface area contributed by atoms with Gasteiger partial charge < -0.3 is 11.5 Å². The quantitative estimate of drug-likeness (QED) is 0.390. The van der Waals surface area contributed by atoms with E-state index in [-0.39, 0.29) is 0 Å². The minimum absolute atomic E-state index is 0.684. The van der Waals surface area contributed by atoms with Crippen LogP contribution >= 0.6 is 24.4 Å². The topological polar surface area (TPSA) is 52.0 Å². The van der Waals surface area contributed by atoms with Gasteiger partial charge in [-0.3, -0.25) is 0 Å². The lowest BCUT2D eigenvalue weighted by molar-refractivity contribution is 1.36. The lowest BCUT2D eigenvalue weighted by Gasteiger charge is -2.06. The third-order valence-electron chi connectivity index (χ3n) is 1.46. The molecule has 2 nitrogen and oxygen atoms in total. The summed E-state index contributed by atoms with van der Waals surface area (Å²) in [7, 11) is 0. The molecule has 0 aromatic heterocycles. The molecule has 0 saturated carbocycles. The van der Waals surface area contributed by atoms with Gasteiger partial charge in [-0.05, 0) is 17.9 Å². The van der Waals surface area contributed by atoms with Crippen molar-refractivity contribution in [2.45, 2.75) is 16.7 Å². The Bertz CT molecular complexity index is 287. The van der Waals surface area contributed by atoms with E-state index in [4.69, 9.17) is 11.5 Å². The second kappa shape index (κ2) is 3.96. The molecule has 0 aliphatic heterocycles. The molecule has 0 unspecified atom stereocenters. The summed E-state index contributed by atoms with van der Waals surface area (Å²) >= 11 is 5.85. The van der Waals surface area contributed by atoms with Crippen LogP contribution in [0.2, 0.25) is 0 Å². The number of benzene rings is 1. The van der Waals surface area contributed by atoms with E-state index >= 15 is 0 Å². The maximum absolute atomic E-state index is 5.75. The van der Waals surface area contributed by atoms with Gasteiger partial charge in [0.25, 0.3) is 0 Å². The predicted molar refractivity (Wildman–Crippen MR) is 58.9 cm³/mol. The molecule has 0 bridgehead atoms. The molecular weight excluding hydrogens is 188 g/mol. The van der Waals surface area contributed by atoms with Gasteiger partial charge in [-0.2, -0.15) is 0 Å². The molecule has 0 heterocycles. The Hall–Kier alpha value is -0.480. The molecule has 66 valence electrons. The maximum atomic E-state index is 5.75. The monoisotopic (exact) mass is 200 g/mol. The second-order valence-corrected chi connectivity index (χ2v) is 4.17. The van der Waals surface area contributed by atoms with Crippen molar-refractivity contribution in [1.29, 1.82) is 0 Å². The molecule has 0 saturated heterocycles. The summed E-state index contributed by atoms with van der Waals surface area (Å²) in [6.45, 7) is 2.08. The minimum atomic E-state index is 0.684. The molecular formula is C8H12N2S2. The Kier molecular flexibility index (Phi) is 3.17. The molecule has 1 aromatic carbocycles. The van der Waals surface area contributed by atoms with Crippen LogP contribution in [0.1, 0.15) is 6.92 Å². The summed E-state index contributed by atoms with van der Waals surface area (Å²) in [5, 5.41) is 0. The molecule has 0 aliphatic rings. The average Bonchev–Trinajstić information content (AvgIpc) is 2.01. The first kappa shape index (κ1) is 9.61. The fraction of sp³-hybridized carbons (Fsp3) is 0.250. The van der Waals surface area contributed by atoms with Crippen LogP contribution < -0.4 is 11.5 Å². The van der Waals surface area contributed by atoms with Crippen molar-refractivity contribution in [3.05, 3.63) is 12.1 Å². The van der Waals surface area contributed by atoms with Crippen LogP contribution in [0.3, 0.4) is 0 Å². The molecule has 4 N–H and O–H groups in total. The Morgan fingerprint density at radius 1 is 1.33 bits per heavy atom. The number of rotatable bonds is 2. The van der Waals surface area contributed by atoms with Gasteiger partial charge in [-0.15, -0.1) is 24.4 Å². The number of thioether (sulfide) groups is 1. The van der Waals surface area contributed by atoms with Gasteiger partial charge in [0.05, 0.1) is 0 Å². The van der Waals surface area contributed by atoms with E-state index in [1.165, 1.54) is 0 Å². The number of nitrogen functional groups attached to an aromatic ring is 2. The van der Waals surface area contributed by atoms with Gasteiger partial charge >= 0.3 is 0 Å². The standard InChI is InChI=1S/C8H12N2S2/c1-2-12-8-4-5(9)7(11)3-6(8)10/h3-4,11H,2,9-10H2,1H3. The van der Waals surface area contributed by atoms with Crippen LogP contribution in [-0.2, 0) is 0 Å². The van der Waals surface area contributed by atoms with E-state index < -0.39 is 0 Å². The van der Waals surface area contributed by atoms with E-state index in [0.717, 1.165) is 21.2 Å². The van der Waals surface area contributed by atoms with Gasteiger partial charge in [0.1, 0.15) is 0 Å². The zero-order chi connectivity index (χ0) is 9.14. The van der Waals surface area contributed by atoms with Gasteiger partial charge in [0.2, 0.25) is 0 Å². The summed E-state index contributed by atoms with van der Waals surface area (Å²) in [6.07, 6.45) is 0. The molecule has 0 atom stereocenters. The Morgan fingerprint density at radius 3 is 2.58 bits per heavy atom. The molecule has 0 fully saturated rings. The maximum Gasteiger partial charge on any atom is 0.0464 e. The fourth-order valence-electron chi connectivity index (χ4n) is 0.881. The zero-order valence-electron chi connectivity index (χ0n) is 6.87. The number of anilines is 2. The molecule has 4 heteroatoms. The highest BCUT2D eigenvalue weighted by Gasteiger charge is 2.02. The molecule has 1 aromatic rings. The van der Waals surface area contributed by atoms with E-state index in [9.17, 15) is 0 Å². The molecule has 0 radical (unpaired) electrons. The minimum Gasteiger partial charge on any atom is -0.398 e. The second-order valence-electron chi connectivity index (χ2n) is 2.38. The lowest BCUT2D eigenvalue weighted by Crippen LogP contribution is -1.93. The van der Waals surface area contributed by atoms with Crippen LogP contribution in [-0.4, -0.2) is 5.75 Å². The summed E-state index contributed by atoms with van der Waals surface area (Å²) in [4.78, 5) is 1.78. The van der Waals surface area contributed by atoms with E-state index in [2.05, 4.69) is 19.6 Å². The van der Waals surface area contributed by atoms with Crippen molar-refractivity contribution in [2.24, 2.45) is 0 Å². The highest BCUT2D eigenvalue weighted by atomic mass is 32.2. The normalized spacial score (nSPS) is 10.2. The average molecular weight is 200 g/mol. The van der Waals surface area contributed by atoms with Crippen molar-refractivity contribution < 1.29 is 0 Å². The molecule has 0 aliphatic carbocycles. The zero-order valence-corrected chi connectivity index (χ0v) is 8.58. The van der Waals surface area contributed by atoms with Gasteiger partial charge in [-0.1, -0.05) is 6.92 Å². The van der Waals surface area contributed by atoms with Crippen LogP contribution in [0.5, 0.6) is 0 Å².